The predicted molar refractivity (Wildman–Crippen MR) is 105 cm³/mol. The summed E-state index contributed by atoms with van der Waals surface area (Å²) in [6.45, 7) is 10.1. The van der Waals surface area contributed by atoms with Gasteiger partial charge in [-0.2, -0.15) is 0 Å². The highest BCUT2D eigenvalue weighted by molar-refractivity contribution is 5.99. The number of hydrogen-bond donors (Lipinski definition) is 0. The van der Waals surface area contributed by atoms with E-state index in [0.29, 0.717) is 6.61 Å². The van der Waals surface area contributed by atoms with E-state index in [0.717, 1.165) is 29.8 Å². The van der Waals surface area contributed by atoms with Crippen LogP contribution in [-0.4, -0.2) is 28.9 Å². The minimum absolute atomic E-state index is 0.127. The van der Waals surface area contributed by atoms with Gasteiger partial charge in [-0.15, -0.1) is 0 Å². The molecule has 4 heteroatoms. The first-order valence-corrected chi connectivity index (χ1v) is 9.24. The number of hydrogen-bond acceptors (Lipinski definition) is 3. The minimum Gasteiger partial charge on any atom is -0.486 e. The first-order chi connectivity index (χ1) is 12.5. The molecule has 1 saturated heterocycles. The summed E-state index contributed by atoms with van der Waals surface area (Å²) in [5, 5.41) is 0. The highest BCUT2D eigenvalue weighted by Crippen LogP contribution is 2.40. The van der Waals surface area contributed by atoms with Crippen LogP contribution < -0.4 is 4.74 Å². The fourth-order valence-electron chi connectivity index (χ4n) is 4.20. The van der Waals surface area contributed by atoms with Crippen LogP contribution in [0.3, 0.4) is 0 Å². The number of nitrogens with zero attached hydrogens (tertiary/aromatic N) is 2. The van der Waals surface area contributed by atoms with E-state index >= 15 is 0 Å². The first kappa shape index (κ1) is 17.1. The zero-order valence-corrected chi connectivity index (χ0v) is 16.2. The van der Waals surface area contributed by atoms with Crippen molar-refractivity contribution in [3.05, 3.63) is 46.8 Å². The van der Waals surface area contributed by atoms with Gasteiger partial charge in [0, 0.05) is 37.0 Å². The molecule has 136 valence electrons. The Morgan fingerprint density at radius 3 is 2.50 bits per heavy atom. The van der Waals surface area contributed by atoms with Gasteiger partial charge in [-0.05, 0) is 44.4 Å². The largest absolute Gasteiger partial charge is 0.486 e. The molecular weight excluding hydrogens is 324 g/mol. The Bertz CT molecular complexity index is 958. The summed E-state index contributed by atoms with van der Waals surface area (Å²) in [6, 6.07) is 6.46. The van der Waals surface area contributed by atoms with E-state index in [1.165, 1.54) is 33.5 Å². The van der Waals surface area contributed by atoms with Crippen LogP contribution in [0.15, 0.2) is 24.4 Å². The number of benzene rings is 1. The molecule has 0 spiro atoms. The lowest BCUT2D eigenvalue weighted by atomic mass is 9.93. The van der Waals surface area contributed by atoms with Crippen LogP contribution >= 0.6 is 0 Å². The SMILES string of the molecule is Cc1cc(C)c(-c2c(C)n(C)c3c(OC4CCOC4)ccnc23)c(C)c1. The van der Waals surface area contributed by atoms with Gasteiger partial charge in [0.2, 0.25) is 0 Å². The van der Waals surface area contributed by atoms with Crippen LogP contribution in [0.2, 0.25) is 0 Å². The van der Waals surface area contributed by atoms with Crippen LogP contribution in [0.1, 0.15) is 28.8 Å². The monoisotopic (exact) mass is 350 g/mol. The molecule has 4 rings (SSSR count). The Morgan fingerprint density at radius 2 is 1.85 bits per heavy atom. The van der Waals surface area contributed by atoms with Crippen molar-refractivity contribution in [3.8, 4) is 16.9 Å². The zero-order valence-electron chi connectivity index (χ0n) is 16.2. The number of pyridine rings is 1. The number of fused-ring (bicyclic) bond motifs is 1. The second-order valence-corrected chi connectivity index (χ2v) is 7.40. The summed E-state index contributed by atoms with van der Waals surface area (Å²) in [5.74, 6) is 0.893. The molecule has 3 aromatic rings. The average molecular weight is 350 g/mol. The predicted octanol–water partition coefficient (Wildman–Crippen LogP) is 4.64. The maximum absolute atomic E-state index is 6.27. The maximum atomic E-state index is 6.27. The van der Waals surface area contributed by atoms with Crippen molar-refractivity contribution in [2.75, 3.05) is 13.2 Å². The van der Waals surface area contributed by atoms with Crippen LogP contribution in [-0.2, 0) is 11.8 Å². The number of rotatable bonds is 3. The van der Waals surface area contributed by atoms with E-state index in [2.05, 4.69) is 51.4 Å². The van der Waals surface area contributed by atoms with Gasteiger partial charge in [0.1, 0.15) is 22.9 Å². The topological polar surface area (TPSA) is 36.3 Å². The second kappa shape index (κ2) is 6.44. The number of ether oxygens (including phenoxy) is 2. The average Bonchev–Trinajstić information content (AvgIpc) is 3.17. The highest BCUT2D eigenvalue weighted by atomic mass is 16.5. The van der Waals surface area contributed by atoms with Crippen molar-refractivity contribution in [1.82, 2.24) is 9.55 Å². The summed E-state index contributed by atoms with van der Waals surface area (Å²) < 4.78 is 13.9. The Hall–Kier alpha value is -2.33. The fraction of sp³-hybridized carbons (Fsp3) is 0.409. The van der Waals surface area contributed by atoms with Gasteiger partial charge in [0.15, 0.2) is 0 Å². The molecular formula is C22H26N2O2. The third-order valence-corrected chi connectivity index (χ3v) is 5.43. The van der Waals surface area contributed by atoms with Gasteiger partial charge in [0.25, 0.3) is 0 Å². The van der Waals surface area contributed by atoms with Crippen molar-refractivity contribution < 1.29 is 9.47 Å². The highest BCUT2D eigenvalue weighted by Gasteiger charge is 2.23. The summed E-state index contributed by atoms with van der Waals surface area (Å²) in [6.07, 6.45) is 2.92. The maximum Gasteiger partial charge on any atom is 0.147 e. The van der Waals surface area contributed by atoms with E-state index in [1.807, 2.05) is 12.3 Å². The smallest absolute Gasteiger partial charge is 0.147 e. The van der Waals surface area contributed by atoms with Gasteiger partial charge < -0.3 is 14.0 Å². The molecule has 1 atom stereocenters. The molecule has 0 N–H and O–H groups in total. The quantitative estimate of drug-likeness (QED) is 0.690. The standard InChI is InChI=1S/C22H26N2O2/c1-13-10-14(2)19(15(3)11-13)20-16(4)24(5)22-18(6-8-23-21(20)22)26-17-7-9-25-12-17/h6,8,10-11,17H,7,9,12H2,1-5H3. The molecule has 0 aliphatic carbocycles. The van der Waals surface area contributed by atoms with Gasteiger partial charge in [-0.1, -0.05) is 17.7 Å². The zero-order chi connectivity index (χ0) is 18.4. The molecule has 0 radical (unpaired) electrons. The molecule has 1 aliphatic heterocycles. The Kier molecular flexibility index (Phi) is 4.23. The lowest BCUT2D eigenvalue weighted by Gasteiger charge is -2.13. The van der Waals surface area contributed by atoms with Crippen LogP contribution in [0.25, 0.3) is 22.2 Å². The van der Waals surface area contributed by atoms with Crippen molar-refractivity contribution in [3.63, 3.8) is 0 Å². The lowest BCUT2D eigenvalue weighted by molar-refractivity contribution is 0.142. The molecule has 4 nitrogen and oxygen atoms in total. The first-order valence-electron chi connectivity index (χ1n) is 9.24. The van der Waals surface area contributed by atoms with E-state index in [1.54, 1.807) is 0 Å². The molecule has 0 bridgehead atoms. The van der Waals surface area contributed by atoms with Crippen molar-refractivity contribution in [2.45, 2.75) is 40.2 Å². The lowest BCUT2D eigenvalue weighted by Crippen LogP contribution is -2.16. The molecule has 1 unspecified atom stereocenters. The van der Waals surface area contributed by atoms with E-state index in [4.69, 9.17) is 14.5 Å². The number of aryl methyl sites for hydroxylation is 4. The molecule has 0 saturated carbocycles. The van der Waals surface area contributed by atoms with Gasteiger partial charge >= 0.3 is 0 Å². The molecule has 3 heterocycles. The summed E-state index contributed by atoms with van der Waals surface area (Å²) in [5.41, 5.74) is 9.65. The van der Waals surface area contributed by atoms with Crippen molar-refractivity contribution in [1.29, 1.82) is 0 Å². The fourth-order valence-corrected chi connectivity index (χ4v) is 4.20. The third-order valence-electron chi connectivity index (χ3n) is 5.43. The molecule has 2 aromatic heterocycles. The summed E-state index contributed by atoms with van der Waals surface area (Å²) in [7, 11) is 2.10. The summed E-state index contributed by atoms with van der Waals surface area (Å²) in [4.78, 5) is 4.75. The van der Waals surface area contributed by atoms with E-state index in [9.17, 15) is 0 Å². The Balaban J connectivity index is 1.93. The molecule has 0 amide bonds. The Morgan fingerprint density at radius 1 is 1.12 bits per heavy atom. The van der Waals surface area contributed by atoms with Crippen molar-refractivity contribution in [2.24, 2.45) is 7.05 Å². The van der Waals surface area contributed by atoms with Crippen LogP contribution in [0.4, 0.5) is 0 Å². The van der Waals surface area contributed by atoms with Crippen LogP contribution in [0.5, 0.6) is 5.75 Å². The van der Waals surface area contributed by atoms with Crippen molar-refractivity contribution >= 4 is 11.0 Å². The second-order valence-electron chi connectivity index (χ2n) is 7.40. The van der Waals surface area contributed by atoms with Gasteiger partial charge in [0.05, 0.1) is 13.2 Å². The molecule has 1 fully saturated rings. The third kappa shape index (κ3) is 2.69. The Labute approximate surface area is 154 Å². The van der Waals surface area contributed by atoms with E-state index in [-0.39, 0.29) is 6.10 Å². The number of aromatic nitrogens is 2. The summed E-state index contributed by atoms with van der Waals surface area (Å²) >= 11 is 0. The molecule has 1 aliphatic rings. The van der Waals surface area contributed by atoms with Gasteiger partial charge in [-0.3, -0.25) is 4.98 Å². The van der Waals surface area contributed by atoms with Gasteiger partial charge in [-0.25, -0.2) is 0 Å². The normalized spacial score (nSPS) is 17.2. The minimum atomic E-state index is 0.127. The molecule has 1 aromatic carbocycles. The van der Waals surface area contributed by atoms with E-state index < -0.39 is 0 Å². The molecule has 26 heavy (non-hydrogen) atoms. The van der Waals surface area contributed by atoms with Crippen LogP contribution in [0, 0.1) is 27.7 Å².